The van der Waals surface area contributed by atoms with Crippen molar-refractivity contribution in [1.82, 2.24) is 4.98 Å². The van der Waals surface area contributed by atoms with Crippen LogP contribution in [0.1, 0.15) is 0 Å². The number of fused-ring (bicyclic) bond motifs is 1. The lowest BCUT2D eigenvalue weighted by atomic mass is 10.2. The molecule has 0 amide bonds. The number of nitrogens with one attached hydrogen (secondary N) is 1. The topological polar surface area (TPSA) is 63.1 Å². The lowest BCUT2D eigenvalue weighted by Gasteiger charge is -2.02. The maximum absolute atomic E-state index is 12.8. The minimum absolute atomic E-state index is 0.300. The second-order valence-electron chi connectivity index (χ2n) is 4.07. The third-order valence-electron chi connectivity index (χ3n) is 2.68. The Labute approximate surface area is 116 Å². The van der Waals surface area contributed by atoms with Gasteiger partial charge in [-0.25, -0.2) is 14.0 Å². The maximum Gasteiger partial charge on any atom is 0.419 e. The van der Waals surface area contributed by atoms with Gasteiger partial charge in [0.1, 0.15) is 5.82 Å². The highest BCUT2D eigenvalue weighted by molar-refractivity contribution is 7.99. The van der Waals surface area contributed by atoms with Gasteiger partial charge in [0.25, 0.3) is 0 Å². The monoisotopic (exact) mass is 289 g/mol. The van der Waals surface area contributed by atoms with Crippen molar-refractivity contribution in [3.05, 3.63) is 69.3 Å². The molecule has 20 heavy (non-hydrogen) atoms. The minimum Gasteiger partial charge on any atom is -0.372 e. The van der Waals surface area contributed by atoms with Crippen LogP contribution in [0.25, 0.3) is 10.9 Å². The molecule has 100 valence electrons. The van der Waals surface area contributed by atoms with E-state index in [9.17, 15) is 14.0 Å². The Balaban J connectivity index is 2.03. The van der Waals surface area contributed by atoms with Gasteiger partial charge in [-0.15, -0.1) is 0 Å². The quantitative estimate of drug-likeness (QED) is 0.788. The van der Waals surface area contributed by atoms with Crippen LogP contribution in [-0.4, -0.2) is 4.98 Å². The fourth-order valence-corrected chi connectivity index (χ4v) is 2.64. The summed E-state index contributed by atoms with van der Waals surface area (Å²) in [5, 5.41) is 0.303. The Kier molecular flexibility index (Phi) is 3.15. The number of aromatic nitrogens is 1. The predicted molar refractivity (Wildman–Crippen MR) is 73.6 cm³/mol. The molecule has 0 saturated carbocycles. The van der Waals surface area contributed by atoms with E-state index >= 15 is 0 Å². The molecule has 2 aromatic carbocycles. The van der Waals surface area contributed by atoms with Crippen molar-refractivity contribution in [3.8, 4) is 0 Å². The molecule has 0 radical (unpaired) electrons. The predicted octanol–water partition coefficient (Wildman–Crippen LogP) is 2.77. The molecule has 0 unspecified atom stereocenters. The highest BCUT2D eigenvalue weighted by atomic mass is 32.2. The molecule has 0 bridgehead atoms. The summed E-state index contributed by atoms with van der Waals surface area (Å²) in [6, 6.07) is 11.1. The summed E-state index contributed by atoms with van der Waals surface area (Å²) >= 11 is 1.38. The van der Waals surface area contributed by atoms with Crippen molar-refractivity contribution < 1.29 is 8.81 Å². The summed E-state index contributed by atoms with van der Waals surface area (Å²) in [7, 11) is 0. The van der Waals surface area contributed by atoms with Gasteiger partial charge in [-0.1, -0.05) is 11.8 Å². The molecule has 0 fully saturated rings. The van der Waals surface area contributed by atoms with E-state index in [1.807, 2.05) is 0 Å². The van der Waals surface area contributed by atoms with E-state index < -0.39 is 11.4 Å². The lowest BCUT2D eigenvalue weighted by molar-refractivity contribution is 0.460. The van der Waals surface area contributed by atoms with Gasteiger partial charge in [0.05, 0.1) is 10.9 Å². The van der Waals surface area contributed by atoms with Crippen LogP contribution in [-0.2, 0) is 0 Å². The highest BCUT2D eigenvalue weighted by Gasteiger charge is 2.05. The Morgan fingerprint density at radius 2 is 1.70 bits per heavy atom. The first-order valence-electron chi connectivity index (χ1n) is 5.72. The van der Waals surface area contributed by atoms with E-state index in [1.54, 1.807) is 30.3 Å². The van der Waals surface area contributed by atoms with Crippen LogP contribution in [0.4, 0.5) is 4.39 Å². The Hall–Kier alpha value is -2.34. The molecule has 0 aliphatic heterocycles. The molecule has 0 atom stereocenters. The van der Waals surface area contributed by atoms with Crippen molar-refractivity contribution in [1.29, 1.82) is 0 Å². The van der Waals surface area contributed by atoms with Crippen molar-refractivity contribution in [2.24, 2.45) is 0 Å². The van der Waals surface area contributed by atoms with Gasteiger partial charge < -0.3 is 4.42 Å². The molecule has 6 heteroatoms. The third kappa shape index (κ3) is 2.50. The van der Waals surface area contributed by atoms with Crippen LogP contribution in [0.15, 0.2) is 66.3 Å². The summed E-state index contributed by atoms with van der Waals surface area (Å²) in [6.07, 6.45) is 0. The summed E-state index contributed by atoms with van der Waals surface area (Å²) in [5.74, 6) is -1.08. The van der Waals surface area contributed by atoms with E-state index in [-0.39, 0.29) is 5.82 Å². The van der Waals surface area contributed by atoms with Crippen LogP contribution in [0.2, 0.25) is 0 Å². The van der Waals surface area contributed by atoms with Crippen molar-refractivity contribution >= 4 is 22.7 Å². The van der Waals surface area contributed by atoms with Gasteiger partial charge in [-0.3, -0.25) is 4.98 Å². The molecule has 0 aliphatic carbocycles. The summed E-state index contributed by atoms with van der Waals surface area (Å²) in [4.78, 5) is 26.7. The van der Waals surface area contributed by atoms with Gasteiger partial charge >= 0.3 is 11.4 Å². The number of hydrogen-bond donors (Lipinski definition) is 1. The molecular formula is C14H8FNO3S. The Morgan fingerprint density at radius 3 is 2.45 bits per heavy atom. The Bertz CT molecular complexity index is 883. The van der Waals surface area contributed by atoms with Crippen molar-refractivity contribution in [2.45, 2.75) is 9.79 Å². The zero-order valence-electron chi connectivity index (χ0n) is 10.1. The summed E-state index contributed by atoms with van der Waals surface area (Å²) < 4.78 is 17.3. The van der Waals surface area contributed by atoms with Gasteiger partial charge in [0, 0.05) is 9.79 Å². The number of rotatable bonds is 2. The van der Waals surface area contributed by atoms with Gasteiger partial charge in [-0.2, -0.15) is 0 Å². The standard InChI is InChI=1S/C14H8FNO3S/c15-8-1-3-9(4-2-8)20-10-5-6-12-11(7-10)13(17)19-14(18)16-12/h1-7H,(H,16,18). The molecule has 4 nitrogen and oxygen atoms in total. The number of H-pyrrole nitrogens is 1. The van der Waals surface area contributed by atoms with E-state index in [1.165, 1.54) is 23.9 Å². The van der Waals surface area contributed by atoms with E-state index in [0.717, 1.165) is 9.79 Å². The molecular weight excluding hydrogens is 281 g/mol. The number of benzene rings is 2. The molecule has 0 spiro atoms. The van der Waals surface area contributed by atoms with E-state index in [0.29, 0.717) is 10.9 Å². The number of halogens is 1. The Morgan fingerprint density at radius 1 is 1.00 bits per heavy atom. The number of aromatic amines is 1. The average Bonchev–Trinajstić information content (AvgIpc) is 2.42. The zero-order valence-corrected chi connectivity index (χ0v) is 10.9. The smallest absolute Gasteiger partial charge is 0.372 e. The SMILES string of the molecule is O=c1[nH]c2ccc(Sc3ccc(F)cc3)cc2c(=O)o1. The average molecular weight is 289 g/mol. The molecule has 0 aliphatic rings. The number of hydrogen-bond acceptors (Lipinski definition) is 4. The minimum atomic E-state index is -0.776. The fourth-order valence-electron chi connectivity index (χ4n) is 1.78. The molecule has 3 rings (SSSR count). The molecule has 1 aromatic heterocycles. The van der Waals surface area contributed by atoms with Crippen LogP contribution in [0.3, 0.4) is 0 Å². The third-order valence-corrected chi connectivity index (χ3v) is 3.68. The van der Waals surface area contributed by atoms with Crippen LogP contribution in [0.5, 0.6) is 0 Å². The van der Waals surface area contributed by atoms with Crippen LogP contribution in [0, 0.1) is 5.82 Å². The largest absolute Gasteiger partial charge is 0.419 e. The molecule has 0 saturated heterocycles. The first-order valence-corrected chi connectivity index (χ1v) is 6.54. The molecule has 1 heterocycles. The van der Waals surface area contributed by atoms with Crippen LogP contribution < -0.4 is 11.4 Å². The van der Waals surface area contributed by atoms with Gasteiger partial charge in [-0.05, 0) is 42.5 Å². The summed E-state index contributed by atoms with van der Waals surface area (Å²) in [5.41, 5.74) is -0.250. The van der Waals surface area contributed by atoms with Gasteiger partial charge in [0.15, 0.2) is 0 Å². The normalized spacial score (nSPS) is 10.8. The second kappa shape index (κ2) is 4.97. The molecule has 3 aromatic rings. The first-order chi connectivity index (χ1) is 9.61. The van der Waals surface area contributed by atoms with Crippen molar-refractivity contribution in [2.75, 3.05) is 0 Å². The molecule has 1 N–H and O–H groups in total. The van der Waals surface area contributed by atoms with Crippen LogP contribution >= 0.6 is 11.8 Å². The zero-order chi connectivity index (χ0) is 14.1. The summed E-state index contributed by atoms with van der Waals surface area (Å²) in [6.45, 7) is 0. The second-order valence-corrected chi connectivity index (χ2v) is 5.21. The lowest BCUT2D eigenvalue weighted by Crippen LogP contribution is -2.14. The first kappa shape index (κ1) is 12.7. The van der Waals surface area contributed by atoms with E-state index in [2.05, 4.69) is 9.40 Å². The van der Waals surface area contributed by atoms with Gasteiger partial charge in [0.2, 0.25) is 0 Å². The fraction of sp³-hybridized carbons (Fsp3) is 0. The maximum atomic E-state index is 12.8. The van der Waals surface area contributed by atoms with Crippen molar-refractivity contribution in [3.63, 3.8) is 0 Å². The highest BCUT2D eigenvalue weighted by Crippen LogP contribution is 2.28. The van der Waals surface area contributed by atoms with E-state index in [4.69, 9.17) is 0 Å².